The maximum absolute atomic E-state index is 12.1. The minimum absolute atomic E-state index is 0.0635. The van der Waals surface area contributed by atoms with Gasteiger partial charge in [0.15, 0.2) is 29.1 Å². The molecule has 4 heterocycles. The number of fused-ring (bicyclic) bond motifs is 3. The van der Waals surface area contributed by atoms with Crippen molar-refractivity contribution in [2.45, 2.75) is 50.3 Å². The minimum atomic E-state index is -1.32. The Morgan fingerprint density at radius 2 is 1.55 bits per heavy atom. The van der Waals surface area contributed by atoms with Gasteiger partial charge in [-0.2, -0.15) is 0 Å². The van der Waals surface area contributed by atoms with Crippen LogP contribution in [0.2, 0.25) is 0 Å². The molecule has 234 valence electrons. The van der Waals surface area contributed by atoms with E-state index in [1.165, 1.54) is 0 Å². The van der Waals surface area contributed by atoms with E-state index >= 15 is 0 Å². The van der Waals surface area contributed by atoms with E-state index in [1.54, 1.807) is 21.3 Å². The molecule has 6 atom stereocenters. The molecule has 3 aromatic rings. The van der Waals surface area contributed by atoms with Gasteiger partial charge in [-0.05, 0) is 42.7 Å². The number of methoxy groups -OCH3 is 3. The Hall–Kier alpha value is -3.86. The van der Waals surface area contributed by atoms with Crippen LogP contribution < -0.4 is 33.2 Å². The molecule has 2 fully saturated rings. The van der Waals surface area contributed by atoms with E-state index < -0.39 is 17.8 Å². The Labute approximate surface area is 256 Å². The van der Waals surface area contributed by atoms with Crippen LogP contribution in [0.3, 0.4) is 0 Å². The summed E-state index contributed by atoms with van der Waals surface area (Å²) in [4.78, 5) is 0. The Morgan fingerprint density at radius 1 is 0.818 bits per heavy atom. The SMILES string of the molecule is COc1cc2c(cc1[C@@H]1OC[C@@]3(O)[C@H](c4c(OC)cccc4OC)OC[C@@H]13)O[C@@H](CC(C)C)[C@H](c1ccc3c(c1)OCO3)O2. The molecule has 0 bridgehead atoms. The highest BCUT2D eigenvalue weighted by Crippen LogP contribution is 2.58. The molecule has 4 aliphatic heterocycles. The van der Waals surface area contributed by atoms with E-state index in [9.17, 15) is 5.11 Å². The summed E-state index contributed by atoms with van der Waals surface area (Å²) in [6.45, 7) is 4.86. The molecule has 7 rings (SSSR count). The summed E-state index contributed by atoms with van der Waals surface area (Å²) in [6, 6.07) is 15.1. The maximum Gasteiger partial charge on any atom is 0.231 e. The van der Waals surface area contributed by atoms with Crippen molar-refractivity contribution in [3.05, 3.63) is 65.2 Å². The van der Waals surface area contributed by atoms with Gasteiger partial charge in [0.05, 0.1) is 46.2 Å². The van der Waals surface area contributed by atoms with Crippen LogP contribution in [-0.4, -0.2) is 58.1 Å². The van der Waals surface area contributed by atoms with Gasteiger partial charge in [-0.25, -0.2) is 0 Å². The van der Waals surface area contributed by atoms with Crippen LogP contribution >= 0.6 is 0 Å². The molecule has 0 spiro atoms. The molecule has 0 unspecified atom stereocenters. The first-order valence-electron chi connectivity index (χ1n) is 15.0. The summed E-state index contributed by atoms with van der Waals surface area (Å²) >= 11 is 0. The molecule has 1 N–H and O–H groups in total. The van der Waals surface area contributed by atoms with Gasteiger partial charge < -0.3 is 47.7 Å². The van der Waals surface area contributed by atoms with Gasteiger partial charge in [-0.3, -0.25) is 0 Å². The van der Waals surface area contributed by atoms with Crippen LogP contribution in [0.1, 0.15) is 55.3 Å². The smallest absolute Gasteiger partial charge is 0.231 e. The highest BCUT2D eigenvalue weighted by Gasteiger charge is 2.61. The lowest BCUT2D eigenvalue weighted by molar-refractivity contribution is -0.0643. The van der Waals surface area contributed by atoms with Crippen molar-refractivity contribution in [3.8, 4) is 40.2 Å². The number of hydrogen-bond acceptors (Lipinski definition) is 10. The van der Waals surface area contributed by atoms with Crippen LogP contribution in [-0.2, 0) is 9.47 Å². The lowest BCUT2D eigenvalue weighted by Gasteiger charge is -2.36. The van der Waals surface area contributed by atoms with Gasteiger partial charge in [0, 0.05) is 23.1 Å². The summed E-state index contributed by atoms with van der Waals surface area (Å²) in [7, 11) is 4.79. The lowest BCUT2D eigenvalue weighted by Crippen LogP contribution is -2.39. The second-order valence-corrected chi connectivity index (χ2v) is 12.1. The average molecular weight is 607 g/mol. The fourth-order valence-corrected chi connectivity index (χ4v) is 6.92. The fraction of sp³-hybridized carbons (Fsp3) is 0.471. The largest absolute Gasteiger partial charge is 0.496 e. The molecule has 4 aliphatic rings. The van der Waals surface area contributed by atoms with Crippen molar-refractivity contribution >= 4 is 0 Å². The van der Waals surface area contributed by atoms with Crippen LogP contribution in [0.25, 0.3) is 0 Å². The van der Waals surface area contributed by atoms with Crippen molar-refractivity contribution in [2.24, 2.45) is 11.8 Å². The Morgan fingerprint density at radius 3 is 2.27 bits per heavy atom. The standard InChI is InChI=1S/C34H38O10/c1-18(2)11-29-31(19-9-10-22-26(12-19)42-17-41-22)44-28-14-25(38-5)20(13-27(28)43-29)32-21-15-39-33(34(21,35)16-40-32)30-23(36-3)7-6-8-24(30)37-4/h6-10,12-14,18,21,29,31-33,35H,11,15-17H2,1-5H3/t21-,29-,31-,32-,33-,34-/m0/s1. The minimum Gasteiger partial charge on any atom is -0.496 e. The van der Waals surface area contributed by atoms with Gasteiger partial charge in [0.2, 0.25) is 6.79 Å². The Kier molecular flexibility index (Phi) is 7.39. The average Bonchev–Trinajstić information content (AvgIpc) is 3.72. The summed E-state index contributed by atoms with van der Waals surface area (Å²) < 4.78 is 54.2. The van der Waals surface area contributed by atoms with E-state index in [-0.39, 0.29) is 38.1 Å². The monoisotopic (exact) mass is 606 g/mol. The van der Waals surface area contributed by atoms with Crippen LogP contribution in [0.4, 0.5) is 0 Å². The second kappa shape index (κ2) is 11.3. The molecule has 44 heavy (non-hydrogen) atoms. The maximum atomic E-state index is 12.1. The van der Waals surface area contributed by atoms with E-state index in [1.807, 2.05) is 48.5 Å². The molecule has 3 aromatic carbocycles. The number of benzene rings is 3. The molecule has 2 saturated heterocycles. The second-order valence-electron chi connectivity index (χ2n) is 12.1. The van der Waals surface area contributed by atoms with Crippen molar-refractivity contribution in [1.29, 1.82) is 0 Å². The van der Waals surface area contributed by atoms with E-state index in [4.69, 9.17) is 42.6 Å². The zero-order valence-electron chi connectivity index (χ0n) is 25.5. The van der Waals surface area contributed by atoms with Gasteiger partial charge in [0.25, 0.3) is 0 Å². The fourth-order valence-electron chi connectivity index (χ4n) is 6.92. The van der Waals surface area contributed by atoms with Gasteiger partial charge in [-0.15, -0.1) is 0 Å². The molecule has 0 amide bonds. The highest BCUT2D eigenvalue weighted by atomic mass is 16.7. The first-order valence-corrected chi connectivity index (χ1v) is 15.0. The van der Waals surface area contributed by atoms with Crippen molar-refractivity contribution in [2.75, 3.05) is 41.3 Å². The molecule has 0 aromatic heterocycles. The quantitative estimate of drug-likeness (QED) is 0.351. The van der Waals surface area contributed by atoms with Gasteiger partial charge >= 0.3 is 0 Å². The lowest BCUT2D eigenvalue weighted by atomic mass is 9.80. The third-order valence-corrected chi connectivity index (χ3v) is 9.03. The third kappa shape index (κ3) is 4.67. The zero-order valence-corrected chi connectivity index (χ0v) is 25.5. The van der Waals surface area contributed by atoms with Crippen LogP contribution in [0.5, 0.6) is 40.2 Å². The van der Waals surface area contributed by atoms with E-state index in [0.717, 1.165) is 23.3 Å². The summed E-state index contributed by atoms with van der Waals surface area (Å²) in [6.07, 6.45) is -1.04. The highest BCUT2D eigenvalue weighted by molar-refractivity contribution is 5.55. The van der Waals surface area contributed by atoms with Crippen molar-refractivity contribution in [3.63, 3.8) is 0 Å². The topological polar surface area (TPSA) is 103 Å². The number of hydrogen-bond donors (Lipinski definition) is 1. The van der Waals surface area contributed by atoms with E-state index in [2.05, 4.69) is 13.8 Å². The van der Waals surface area contributed by atoms with Gasteiger partial charge in [0.1, 0.15) is 35.1 Å². The first-order chi connectivity index (χ1) is 21.3. The van der Waals surface area contributed by atoms with E-state index in [0.29, 0.717) is 46.0 Å². The summed E-state index contributed by atoms with van der Waals surface area (Å²) in [5.41, 5.74) is 1.04. The third-order valence-electron chi connectivity index (χ3n) is 9.03. The molecule has 0 radical (unpaired) electrons. The summed E-state index contributed by atoms with van der Waals surface area (Å²) in [5, 5.41) is 12.1. The molecular weight excluding hydrogens is 568 g/mol. The molecular formula is C34H38O10. The Bertz CT molecular complexity index is 1520. The van der Waals surface area contributed by atoms with Crippen LogP contribution in [0, 0.1) is 11.8 Å². The number of rotatable bonds is 8. The predicted octanol–water partition coefficient (Wildman–Crippen LogP) is 5.56. The van der Waals surface area contributed by atoms with Crippen LogP contribution in [0.15, 0.2) is 48.5 Å². The Balaban J connectivity index is 1.21. The zero-order chi connectivity index (χ0) is 30.6. The number of aliphatic hydroxyl groups is 1. The molecule has 0 aliphatic carbocycles. The molecule has 0 saturated carbocycles. The first kappa shape index (κ1) is 28.9. The van der Waals surface area contributed by atoms with Gasteiger partial charge in [-0.1, -0.05) is 26.0 Å². The number of ether oxygens (including phenoxy) is 9. The molecule has 10 nitrogen and oxygen atoms in total. The van der Waals surface area contributed by atoms with Crippen molar-refractivity contribution < 1.29 is 47.7 Å². The predicted molar refractivity (Wildman–Crippen MR) is 158 cm³/mol. The normalized spacial score (nSPS) is 28.2. The summed E-state index contributed by atoms with van der Waals surface area (Å²) in [5.74, 6) is 4.31. The van der Waals surface area contributed by atoms with Crippen molar-refractivity contribution in [1.82, 2.24) is 0 Å². The molecule has 10 heteroatoms.